The van der Waals surface area contributed by atoms with Crippen molar-refractivity contribution in [1.29, 1.82) is 0 Å². The monoisotopic (exact) mass is 215 g/mol. The summed E-state index contributed by atoms with van der Waals surface area (Å²) < 4.78 is 27.4. The Hall–Kier alpha value is -0.910. The highest BCUT2D eigenvalue weighted by Gasteiger charge is 2.13. The van der Waals surface area contributed by atoms with E-state index in [2.05, 4.69) is 4.18 Å². The van der Waals surface area contributed by atoms with E-state index in [1.54, 1.807) is 18.2 Å². The summed E-state index contributed by atoms with van der Waals surface area (Å²) in [6, 6.07) is 7.85. The second-order valence-electron chi connectivity index (χ2n) is 2.65. The zero-order chi connectivity index (χ0) is 10.4. The van der Waals surface area contributed by atoms with Crippen LogP contribution in [0.3, 0.4) is 0 Å². The average Bonchev–Trinajstić information content (AvgIpc) is 2.19. The zero-order valence-corrected chi connectivity index (χ0v) is 8.37. The van der Waals surface area contributed by atoms with Gasteiger partial charge in [-0.15, -0.1) is 0 Å². The lowest BCUT2D eigenvalue weighted by Gasteiger charge is -2.03. The summed E-state index contributed by atoms with van der Waals surface area (Å²) in [7, 11) is -3.67. The fourth-order valence-corrected chi connectivity index (χ4v) is 1.85. The van der Waals surface area contributed by atoms with Crippen LogP contribution in [0.2, 0.25) is 0 Å². The molecule has 0 N–H and O–H groups in total. The van der Waals surface area contributed by atoms with Gasteiger partial charge in [-0.2, -0.15) is 8.42 Å². The SMILES string of the molecule is [O]CCCOS(=O)(=O)c1ccccc1. The molecule has 0 bridgehead atoms. The van der Waals surface area contributed by atoms with E-state index >= 15 is 0 Å². The molecule has 0 heterocycles. The van der Waals surface area contributed by atoms with Crippen LogP contribution in [-0.4, -0.2) is 21.6 Å². The fourth-order valence-electron chi connectivity index (χ4n) is 0.883. The topological polar surface area (TPSA) is 63.3 Å². The second-order valence-corrected chi connectivity index (χ2v) is 4.26. The van der Waals surface area contributed by atoms with Gasteiger partial charge < -0.3 is 0 Å². The van der Waals surface area contributed by atoms with Crippen molar-refractivity contribution in [2.45, 2.75) is 11.3 Å². The van der Waals surface area contributed by atoms with E-state index < -0.39 is 10.1 Å². The Morgan fingerprint density at radius 3 is 2.36 bits per heavy atom. The molecule has 0 spiro atoms. The Kier molecular flexibility index (Phi) is 4.06. The van der Waals surface area contributed by atoms with Crippen molar-refractivity contribution in [1.82, 2.24) is 0 Å². The van der Waals surface area contributed by atoms with Gasteiger partial charge in [0, 0.05) is 0 Å². The Labute approximate surface area is 83.3 Å². The summed E-state index contributed by atoms with van der Waals surface area (Å²) in [6.45, 7) is -0.384. The molecular weight excluding hydrogens is 204 g/mol. The van der Waals surface area contributed by atoms with Crippen molar-refractivity contribution in [3.8, 4) is 0 Å². The molecule has 14 heavy (non-hydrogen) atoms. The van der Waals surface area contributed by atoms with Crippen molar-refractivity contribution in [2.75, 3.05) is 13.2 Å². The lowest BCUT2D eigenvalue weighted by atomic mass is 10.4. The van der Waals surface area contributed by atoms with Gasteiger partial charge in [0.25, 0.3) is 10.1 Å². The van der Waals surface area contributed by atoms with Gasteiger partial charge in [0.2, 0.25) is 0 Å². The summed E-state index contributed by atoms with van der Waals surface area (Å²) >= 11 is 0. The first kappa shape index (κ1) is 11.2. The third-order valence-electron chi connectivity index (χ3n) is 1.56. The molecule has 77 valence electrons. The van der Waals surface area contributed by atoms with Gasteiger partial charge in [0.1, 0.15) is 0 Å². The quantitative estimate of drug-likeness (QED) is 0.548. The van der Waals surface area contributed by atoms with Crippen LogP contribution in [0.5, 0.6) is 0 Å². The Bertz CT molecular complexity index is 358. The maximum Gasteiger partial charge on any atom is 0.296 e. The van der Waals surface area contributed by atoms with Crippen molar-refractivity contribution < 1.29 is 17.7 Å². The molecule has 0 unspecified atom stereocenters. The minimum atomic E-state index is -3.67. The lowest BCUT2D eigenvalue weighted by molar-refractivity contribution is 0.167. The molecule has 0 atom stereocenters. The van der Waals surface area contributed by atoms with Gasteiger partial charge in [0.15, 0.2) is 0 Å². The summed E-state index contributed by atoms with van der Waals surface area (Å²) in [5, 5.41) is 10.1. The second kappa shape index (κ2) is 5.09. The number of rotatable bonds is 5. The van der Waals surface area contributed by atoms with Crippen LogP contribution >= 0.6 is 0 Å². The first-order chi connectivity index (χ1) is 6.67. The average molecular weight is 215 g/mol. The maximum absolute atomic E-state index is 11.4. The third kappa shape index (κ3) is 3.10. The van der Waals surface area contributed by atoms with Crippen LogP contribution in [-0.2, 0) is 19.4 Å². The molecule has 0 aliphatic rings. The van der Waals surface area contributed by atoms with Crippen molar-refractivity contribution in [2.24, 2.45) is 0 Å². The molecule has 1 radical (unpaired) electrons. The van der Waals surface area contributed by atoms with Gasteiger partial charge >= 0.3 is 0 Å². The predicted molar refractivity (Wildman–Crippen MR) is 49.8 cm³/mol. The normalized spacial score (nSPS) is 11.5. The van der Waals surface area contributed by atoms with Crippen molar-refractivity contribution >= 4 is 10.1 Å². The maximum atomic E-state index is 11.4. The predicted octanol–water partition coefficient (Wildman–Crippen LogP) is 1.21. The lowest BCUT2D eigenvalue weighted by Crippen LogP contribution is -2.08. The van der Waals surface area contributed by atoms with Crippen molar-refractivity contribution in [3.63, 3.8) is 0 Å². The van der Waals surface area contributed by atoms with Crippen LogP contribution in [0.4, 0.5) is 0 Å². The Morgan fingerprint density at radius 1 is 1.14 bits per heavy atom. The van der Waals surface area contributed by atoms with E-state index in [4.69, 9.17) is 0 Å². The molecule has 0 fully saturated rings. The molecule has 0 aliphatic carbocycles. The first-order valence-electron chi connectivity index (χ1n) is 4.19. The van der Waals surface area contributed by atoms with Crippen LogP contribution in [0, 0.1) is 0 Å². The van der Waals surface area contributed by atoms with Gasteiger partial charge in [-0.3, -0.25) is 4.18 Å². The minimum Gasteiger partial charge on any atom is -0.266 e. The molecule has 0 amide bonds. The summed E-state index contributed by atoms with van der Waals surface area (Å²) in [4.78, 5) is 0.117. The highest BCUT2D eigenvalue weighted by molar-refractivity contribution is 7.86. The van der Waals surface area contributed by atoms with Crippen LogP contribution in [0.25, 0.3) is 0 Å². The van der Waals surface area contributed by atoms with Crippen LogP contribution in [0.15, 0.2) is 35.2 Å². The molecule has 1 rings (SSSR count). The molecule has 0 saturated carbocycles. The third-order valence-corrected chi connectivity index (χ3v) is 2.89. The molecule has 0 saturated heterocycles. The molecule has 5 heteroatoms. The molecular formula is C9H11O4S. The van der Waals surface area contributed by atoms with Crippen LogP contribution < -0.4 is 0 Å². The highest BCUT2D eigenvalue weighted by atomic mass is 32.2. The first-order valence-corrected chi connectivity index (χ1v) is 5.60. The Morgan fingerprint density at radius 2 is 1.79 bits per heavy atom. The summed E-state index contributed by atoms with van der Waals surface area (Å²) in [5.41, 5.74) is 0. The van der Waals surface area contributed by atoms with Crippen molar-refractivity contribution in [3.05, 3.63) is 30.3 Å². The van der Waals surface area contributed by atoms with E-state index in [0.29, 0.717) is 0 Å². The van der Waals surface area contributed by atoms with E-state index in [1.165, 1.54) is 12.1 Å². The number of hydrogen-bond donors (Lipinski definition) is 0. The smallest absolute Gasteiger partial charge is 0.266 e. The zero-order valence-electron chi connectivity index (χ0n) is 7.55. The Balaban J connectivity index is 2.67. The minimum absolute atomic E-state index is 0.0548. The van der Waals surface area contributed by atoms with Gasteiger partial charge in [-0.05, 0) is 18.6 Å². The van der Waals surface area contributed by atoms with E-state index in [9.17, 15) is 13.5 Å². The largest absolute Gasteiger partial charge is 0.296 e. The van der Waals surface area contributed by atoms with Gasteiger partial charge in [0.05, 0.1) is 18.1 Å². The number of benzene rings is 1. The van der Waals surface area contributed by atoms with E-state index in [-0.39, 0.29) is 24.5 Å². The molecule has 1 aromatic rings. The highest BCUT2D eigenvalue weighted by Crippen LogP contribution is 2.11. The molecule has 0 aromatic heterocycles. The summed E-state index contributed by atoms with van der Waals surface area (Å²) in [5.74, 6) is 0. The fraction of sp³-hybridized carbons (Fsp3) is 0.333. The standard InChI is InChI=1S/C9H11O4S/c10-7-4-8-13-14(11,12)9-5-2-1-3-6-9/h1-3,5-6H,4,7-8H2. The number of hydrogen-bond acceptors (Lipinski definition) is 3. The van der Waals surface area contributed by atoms with E-state index in [0.717, 1.165) is 0 Å². The van der Waals surface area contributed by atoms with Gasteiger partial charge in [-0.1, -0.05) is 18.2 Å². The van der Waals surface area contributed by atoms with Gasteiger partial charge in [-0.25, -0.2) is 5.11 Å². The summed E-state index contributed by atoms with van der Waals surface area (Å²) in [6.07, 6.45) is 0.200. The molecule has 1 aromatic carbocycles. The van der Waals surface area contributed by atoms with E-state index in [1.807, 2.05) is 0 Å². The molecule has 0 aliphatic heterocycles. The van der Waals surface area contributed by atoms with Crippen LogP contribution in [0.1, 0.15) is 6.42 Å². The molecule has 4 nitrogen and oxygen atoms in total.